The third-order valence-electron chi connectivity index (χ3n) is 3.81. The summed E-state index contributed by atoms with van der Waals surface area (Å²) in [6.45, 7) is 0. The van der Waals surface area contributed by atoms with Gasteiger partial charge in [-0.3, -0.25) is 4.79 Å². The number of hydrogen-bond donors (Lipinski definition) is 1. The fourth-order valence-electron chi connectivity index (χ4n) is 2.60. The van der Waals surface area contributed by atoms with Gasteiger partial charge in [-0.15, -0.1) is 0 Å². The highest BCUT2D eigenvalue weighted by molar-refractivity contribution is 6.33. The monoisotopic (exact) mass is 348 g/mol. The van der Waals surface area contributed by atoms with E-state index in [1.165, 1.54) is 0 Å². The highest BCUT2D eigenvalue weighted by Crippen LogP contribution is 2.24. The fraction of sp³-hybridized carbons (Fsp3) is 0.0476. The molecule has 0 radical (unpaired) electrons. The molecule has 1 amide bonds. The van der Waals surface area contributed by atoms with E-state index in [-0.39, 0.29) is 5.91 Å². The first-order valence-electron chi connectivity index (χ1n) is 7.93. The number of nitrogens with one attached hydrogen (secondary N) is 1. The summed E-state index contributed by atoms with van der Waals surface area (Å²) >= 11 is 6.09. The van der Waals surface area contributed by atoms with Crippen LogP contribution in [0.1, 0.15) is 22.6 Å². The van der Waals surface area contributed by atoms with Gasteiger partial charge in [0, 0.05) is 10.6 Å². The van der Waals surface area contributed by atoms with Gasteiger partial charge in [0.25, 0.3) is 5.91 Å². The molecular formula is C21H17ClN2O. The van der Waals surface area contributed by atoms with Crippen molar-refractivity contribution in [3.8, 4) is 0 Å². The molecule has 25 heavy (non-hydrogen) atoms. The topological polar surface area (TPSA) is 41.5 Å². The van der Waals surface area contributed by atoms with Crippen LogP contribution in [0.15, 0.2) is 90.0 Å². The molecule has 0 unspecified atom stereocenters. The zero-order chi connectivity index (χ0) is 17.5. The summed E-state index contributed by atoms with van der Waals surface area (Å²) in [5.41, 5.74) is 5.21. The molecule has 3 aromatic rings. The molecule has 0 saturated carbocycles. The van der Waals surface area contributed by atoms with Crippen molar-refractivity contribution in [3.63, 3.8) is 0 Å². The first-order chi connectivity index (χ1) is 12.3. The number of nitrogens with zero attached hydrogens (tertiary/aromatic N) is 1. The minimum atomic E-state index is -0.425. The highest BCUT2D eigenvalue weighted by atomic mass is 35.5. The summed E-state index contributed by atoms with van der Waals surface area (Å²) in [6, 6.07) is 26.6. The van der Waals surface area contributed by atoms with Crippen LogP contribution in [0, 0.1) is 0 Å². The van der Waals surface area contributed by atoms with E-state index in [9.17, 15) is 4.79 Å². The van der Waals surface area contributed by atoms with Crippen LogP contribution in [0.3, 0.4) is 0 Å². The Bertz CT molecular complexity index is 824. The second-order valence-corrected chi connectivity index (χ2v) is 5.92. The van der Waals surface area contributed by atoms with Crippen molar-refractivity contribution >= 4 is 23.7 Å². The zero-order valence-corrected chi connectivity index (χ0v) is 14.2. The van der Waals surface area contributed by atoms with Gasteiger partial charge in [-0.1, -0.05) is 90.5 Å². The summed E-state index contributed by atoms with van der Waals surface area (Å²) in [5, 5.41) is 4.65. The van der Waals surface area contributed by atoms with Crippen molar-refractivity contribution in [2.75, 3.05) is 0 Å². The van der Waals surface area contributed by atoms with E-state index in [0.717, 1.165) is 16.7 Å². The standard InChI is InChI=1S/C21H17ClN2O/c22-19-14-8-7-13-18(19)15-23-24-21(25)20(16-9-3-1-4-10-16)17-11-5-2-6-12-17/h1-15,20H,(H,24,25)/b23-15+. The highest BCUT2D eigenvalue weighted by Gasteiger charge is 2.22. The molecule has 3 nitrogen and oxygen atoms in total. The number of hydrogen-bond acceptors (Lipinski definition) is 2. The number of hydrazone groups is 1. The van der Waals surface area contributed by atoms with Crippen molar-refractivity contribution in [3.05, 3.63) is 107 Å². The Morgan fingerprint density at radius 1 is 0.840 bits per heavy atom. The maximum atomic E-state index is 12.8. The number of carbonyl (C=O) groups excluding carboxylic acids is 1. The second kappa shape index (κ2) is 8.27. The molecule has 3 aromatic carbocycles. The minimum Gasteiger partial charge on any atom is -0.272 e. The maximum Gasteiger partial charge on any atom is 0.252 e. The van der Waals surface area contributed by atoms with Gasteiger partial charge in [0.05, 0.1) is 12.1 Å². The van der Waals surface area contributed by atoms with Crippen molar-refractivity contribution in [1.29, 1.82) is 0 Å². The third-order valence-corrected chi connectivity index (χ3v) is 4.16. The molecule has 0 aliphatic rings. The number of halogens is 1. The first kappa shape index (κ1) is 16.9. The van der Waals surface area contributed by atoms with Gasteiger partial charge in [-0.2, -0.15) is 5.10 Å². The molecule has 0 aliphatic heterocycles. The first-order valence-corrected chi connectivity index (χ1v) is 8.31. The smallest absolute Gasteiger partial charge is 0.252 e. The molecule has 0 heterocycles. The van der Waals surface area contributed by atoms with Crippen molar-refractivity contribution in [1.82, 2.24) is 5.43 Å². The van der Waals surface area contributed by atoms with Crippen LogP contribution in [0.5, 0.6) is 0 Å². The van der Waals surface area contributed by atoms with E-state index < -0.39 is 5.92 Å². The molecule has 0 aliphatic carbocycles. The van der Waals surface area contributed by atoms with Gasteiger partial charge in [-0.25, -0.2) is 5.43 Å². The Kier molecular flexibility index (Phi) is 5.60. The lowest BCUT2D eigenvalue weighted by Gasteiger charge is -2.16. The van der Waals surface area contributed by atoms with Gasteiger partial charge < -0.3 is 0 Å². The minimum absolute atomic E-state index is 0.194. The predicted octanol–water partition coefficient (Wildman–Crippen LogP) is 4.62. The number of benzene rings is 3. The maximum absolute atomic E-state index is 12.8. The Balaban J connectivity index is 1.82. The van der Waals surface area contributed by atoms with Crippen LogP contribution in [0.4, 0.5) is 0 Å². The summed E-state index contributed by atoms with van der Waals surface area (Å²) in [5.74, 6) is -0.619. The lowest BCUT2D eigenvalue weighted by Crippen LogP contribution is -2.26. The third kappa shape index (κ3) is 4.34. The molecule has 0 spiro atoms. The molecule has 0 saturated heterocycles. The van der Waals surface area contributed by atoms with Gasteiger partial charge in [-0.05, 0) is 17.2 Å². The van der Waals surface area contributed by atoms with Crippen molar-refractivity contribution in [2.24, 2.45) is 5.10 Å². The van der Waals surface area contributed by atoms with Gasteiger partial charge >= 0.3 is 0 Å². The van der Waals surface area contributed by atoms with E-state index >= 15 is 0 Å². The van der Waals surface area contributed by atoms with Crippen molar-refractivity contribution in [2.45, 2.75) is 5.92 Å². The Morgan fingerprint density at radius 2 is 1.36 bits per heavy atom. The summed E-state index contributed by atoms with van der Waals surface area (Å²) < 4.78 is 0. The summed E-state index contributed by atoms with van der Waals surface area (Å²) in [7, 11) is 0. The number of carbonyl (C=O) groups is 1. The van der Waals surface area contributed by atoms with Crippen molar-refractivity contribution < 1.29 is 4.79 Å². The average Bonchev–Trinajstić information content (AvgIpc) is 2.65. The fourth-order valence-corrected chi connectivity index (χ4v) is 2.78. The normalized spacial score (nSPS) is 11.0. The average molecular weight is 349 g/mol. The summed E-state index contributed by atoms with van der Waals surface area (Å²) in [6.07, 6.45) is 1.55. The van der Waals surface area contributed by atoms with Crippen LogP contribution in [0.2, 0.25) is 5.02 Å². The van der Waals surface area contributed by atoms with Gasteiger partial charge in [0.2, 0.25) is 0 Å². The number of amides is 1. The van der Waals surface area contributed by atoms with Gasteiger partial charge in [0.1, 0.15) is 0 Å². The Morgan fingerprint density at radius 3 is 1.92 bits per heavy atom. The molecular weight excluding hydrogens is 332 g/mol. The molecule has 0 aromatic heterocycles. The lowest BCUT2D eigenvalue weighted by molar-refractivity contribution is -0.121. The van der Waals surface area contributed by atoms with Crippen LogP contribution >= 0.6 is 11.6 Å². The quantitative estimate of drug-likeness (QED) is 0.530. The van der Waals surface area contributed by atoms with E-state index in [2.05, 4.69) is 10.5 Å². The molecule has 0 atom stereocenters. The summed E-state index contributed by atoms with van der Waals surface area (Å²) in [4.78, 5) is 12.8. The van der Waals surface area contributed by atoms with E-state index in [4.69, 9.17) is 11.6 Å². The molecule has 0 bridgehead atoms. The Labute approximate surface area is 152 Å². The van der Waals surface area contributed by atoms with Gasteiger partial charge in [0.15, 0.2) is 0 Å². The van der Waals surface area contributed by atoms with Crippen LogP contribution in [-0.4, -0.2) is 12.1 Å². The Hall–Kier alpha value is -2.91. The van der Waals surface area contributed by atoms with Crippen LogP contribution < -0.4 is 5.43 Å². The van der Waals surface area contributed by atoms with Crippen LogP contribution in [-0.2, 0) is 4.79 Å². The lowest BCUT2D eigenvalue weighted by atomic mass is 9.91. The molecule has 3 rings (SSSR count). The second-order valence-electron chi connectivity index (χ2n) is 5.51. The molecule has 1 N–H and O–H groups in total. The number of rotatable bonds is 5. The molecule has 0 fully saturated rings. The largest absolute Gasteiger partial charge is 0.272 e. The van der Waals surface area contributed by atoms with E-state index in [1.807, 2.05) is 78.9 Å². The van der Waals surface area contributed by atoms with Crippen LogP contribution in [0.25, 0.3) is 0 Å². The molecule has 4 heteroatoms. The SMILES string of the molecule is O=C(N/N=C/c1ccccc1Cl)C(c1ccccc1)c1ccccc1. The predicted molar refractivity (Wildman–Crippen MR) is 102 cm³/mol. The van der Waals surface area contributed by atoms with E-state index in [0.29, 0.717) is 5.02 Å². The molecule has 124 valence electrons. The van der Waals surface area contributed by atoms with E-state index in [1.54, 1.807) is 12.3 Å². The zero-order valence-electron chi connectivity index (χ0n) is 13.5.